The monoisotopic (exact) mass is 398 g/mol. The number of thiophene rings is 1. The second-order valence-corrected chi connectivity index (χ2v) is 9.03. The fourth-order valence-electron chi connectivity index (χ4n) is 4.27. The van der Waals surface area contributed by atoms with Crippen molar-refractivity contribution in [3.05, 3.63) is 40.1 Å². The van der Waals surface area contributed by atoms with Gasteiger partial charge >= 0.3 is 0 Å². The molecule has 2 atom stereocenters. The summed E-state index contributed by atoms with van der Waals surface area (Å²) in [4.78, 5) is 26.9. The number of hydrogen-bond acceptors (Lipinski definition) is 4. The van der Waals surface area contributed by atoms with Gasteiger partial charge in [-0.25, -0.2) is 4.68 Å². The van der Waals surface area contributed by atoms with Crippen LogP contribution >= 0.6 is 11.3 Å². The number of hydrogen-bond donors (Lipinski definition) is 1. The van der Waals surface area contributed by atoms with Crippen molar-refractivity contribution in [2.45, 2.75) is 58.7 Å². The molecule has 0 radical (unpaired) electrons. The van der Waals surface area contributed by atoms with E-state index in [0.29, 0.717) is 18.0 Å². The number of amides is 1. The summed E-state index contributed by atoms with van der Waals surface area (Å²) in [6, 6.07) is 2.28. The highest BCUT2D eigenvalue weighted by Crippen LogP contribution is 2.33. The second-order valence-electron chi connectivity index (χ2n) is 7.78. The van der Waals surface area contributed by atoms with Crippen LogP contribution < -0.4 is 10.9 Å². The van der Waals surface area contributed by atoms with Gasteiger partial charge in [-0.05, 0) is 31.7 Å². The van der Waals surface area contributed by atoms with Crippen LogP contribution in [-0.2, 0) is 17.9 Å². The highest BCUT2D eigenvalue weighted by Gasteiger charge is 2.24. The maximum absolute atomic E-state index is 13.1. The van der Waals surface area contributed by atoms with Gasteiger partial charge in [-0.1, -0.05) is 25.8 Å². The van der Waals surface area contributed by atoms with Gasteiger partial charge in [0, 0.05) is 22.8 Å². The normalized spacial score (nSPS) is 19.9. The fourth-order valence-corrected chi connectivity index (χ4v) is 5.30. The third-order valence-electron chi connectivity index (χ3n) is 5.72. The number of allylic oxidation sites excluding steroid dienone is 1. The van der Waals surface area contributed by atoms with Crippen molar-refractivity contribution in [3.8, 4) is 0 Å². The number of nitrogens with zero attached hydrogens (tertiary/aromatic N) is 3. The van der Waals surface area contributed by atoms with E-state index >= 15 is 0 Å². The summed E-state index contributed by atoms with van der Waals surface area (Å²) in [6.45, 7) is 8.55. The Bertz CT molecular complexity index is 1110. The summed E-state index contributed by atoms with van der Waals surface area (Å²) < 4.78 is 4.32. The average molecular weight is 399 g/mol. The van der Waals surface area contributed by atoms with Crippen molar-refractivity contribution < 1.29 is 4.79 Å². The van der Waals surface area contributed by atoms with Gasteiger partial charge in [0.2, 0.25) is 5.91 Å². The number of fused-ring (bicyclic) bond motifs is 3. The summed E-state index contributed by atoms with van der Waals surface area (Å²) in [7, 11) is 0. The first-order valence-corrected chi connectivity index (χ1v) is 10.7. The Hall–Kier alpha value is -2.41. The van der Waals surface area contributed by atoms with Crippen LogP contribution in [0.25, 0.3) is 21.1 Å². The standard InChI is InChI=1S/C21H26N4O2S/c1-4-9-24-17-10-14(3)28-20(17)15-11-22-25(21(27)19(15)24)12-18(26)23-16-8-6-5-7-13(16)2/h4,10-11,13,16H,1,5-9,12H2,2-3H3,(H,23,26)/t13-,16+/m0/s1. The Morgan fingerprint density at radius 2 is 2.21 bits per heavy atom. The van der Waals surface area contributed by atoms with Crippen LogP contribution in [0, 0.1) is 12.8 Å². The second kappa shape index (κ2) is 7.54. The van der Waals surface area contributed by atoms with Crippen molar-refractivity contribution >= 4 is 38.4 Å². The average Bonchev–Trinajstić information content (AvgIpc) is 3.16. The zero-order valence-electron chi connectivity index (χ0n) is 16.4. The third kappa shape index (κ3) is 3.28. The maximum Gasteiger partial charge on any atom is 0.291 e. The Kier molecular flexibility index (Phi) is 5.10. The number of nitrogens with one attached hydrogen (secondary N) is 1. The minimum absolute atomic E-state index is 0.0516. The quantitative estimate of drug-likeness (QED) is 0.668. The van der Waals surface area contributed by atoms with Gasteiger partial charge in [-0.3, -0.25) is 9.59 Å². The molecule has 1 N–H and O–H groups in total. The van der Waals surface area contributed by atoms with Crippen LogP contribution in [0.5, 0.6) is 0 Å². The maximum atomic E-state index is 13.1. The van der Waals surface area contributed by atoms with E-state index in [1.54, 1.807) is 23.6 Å². The minimum atomic E-state index is -0.229. The molecule has 1 amide bonds. The Balaban J connectivity index is 1.67. The molecule has 28 heavy (non-hydrogen) atoms. The van der Waals surface area contributed by atoms with E-state index in [-0.39, 0.29) is 24.1 Å². The van der Waals surface area contributed by atoms with Crippen molar-refractivity contribution in [2.75, 3.05) is 0 Å². The molecule has 1 saturated carbocycles. The summed E-state index contributed by atoms with van der Waals surface area (Å²) in [5.41, 5.74) is 1.39. The lowest BCUT2D eigenvalue weighted by Crippen LogP contribution is -2.43. The van der Waals surface area contributed by atoms with Gasteiger partial charge in [0.15, 0.2) is 0 Å². The molecule has 148 valence electrons. The van der Waals surface area contributed by atoms with Crippen LogP contribution in [0.1, 0.15) is 37.5 Å². The molecule has 6 nitrogen and oxygen atoms in total. The van der Waals surface area contributed by atoms with Crippen molar-refractivity contribution in [1.29, 1.82) is 0 Å². The van der Waals surface area contributed by atoms with Crippen LogP contribution in [0.15, 0.2) is 29.7 Å². The van der Waals surface area contributed by atoms with E-state index in [9.17, 15) is 9.59 Å². The fraction of sp³-hybridized carbons (Fsp3) is 0.476. The minimum Gasteiger partial charge on any atom is -0.351 e. The van der Waals surface area contributed by atoms with Crippen molar-refractivity contribution in [2.24, 2.45) is 5.92 Å². The van der Waals surface area contributed by atoms with Gasteiger partial charge in [0.05, 0.1) is 16.4 Å². The number of carbonyl (C=O) groups excluding carboxylic acids is 1. The molecule has 3 aromatic rings. The number of carbonyl (C=O) groups is 1. The SMILES string of the molecule is C=CCn1c2cc(C)sc2c2cnn(CC(=O)N[C@@H]3CCCC[C@@H]3C)c(=O)c21. The van der Waals surface area contributed by atoms with E-state index in [1.165, 1.54) is 16.0 Å². The van der Waals surface area contributed by atoms with Crippen LogP contribution in [0.3, 0.4) is 0 Å². The largest absolute Gasteiger partial charge is 0.351 e. The number of rotatable bonds is 5. The van der Waals surface area contributed by atoms with E-state index < -0.39 is 0 Å². The van der Waals surface area contributed by atoms with E-state index in [4.69, 9.17) is 0 Å². The molecule has 1 aliphatic carbocycles. The Morgan fingerprint density at radius 1 is 1.43 bits per heavy atom. The van der Waals surface area contributed by atoms with E-state index in [2.05, 4.69) is 36.9 Å². The Labute approximate surface area is 167 Å². The zero-order chi connectivity index (χ0) is 19.8. The van der Waals surface area contributed by atoms with Crippen LogP contribution in [0.2, 0.25) is 0 Å². The molecular formula is C21H26N4O2S. The predicted molar refractivity (Wildman–Crippen MR) is 114 cm³/mol. The molecule has 1 aliphatic rings. The molecule has 3 heterocycles. The predicted octanol–water partition coefficient (Wildman–Crippen LogP) is 3.60. The van der Waals surface area contributed by atoms with E-state index in [1.807, 2.05) is 4.57 Å². The Morgan fingerprint density at radius 3 is 2.96 bits per heavy atom. The lowest BCUT2D eigenvalue weighted by atomic mass is 9.86. The van der Waals surface area contributed by atoms with Crippen molar-refractivity contribution in [1.82, 2.24) is 19.7 Å². The molecule has 0 bridgehead atoms. The summed E-state index contributed by atoms with van der Waals surface area (Å²) in [6.07, 6.45) is 8.01. The number of aryl methyl sites for hydroxylation is 1. The first-order chi connectivity index (χ1) is 13.5. The van der Waals surface area contributed by atoms with Crippen LogP contribution in [0.4, 0.5) is 0 Å². The molecule has 0 aromatic carbocycles. The molecule has 7 heteroatoms. The molecule has 3 aromatic heterocycles. The lowest BCUT2D eigenvalue weighted by molar-refractivity contribution is -0.123. The summed E-state index contributed by atoms with van der Waals surface area (Å²) >= 11 is 1.66. The molecule has 0 aliphatic heterocycles. The highest BCUT2D eigenvalue weighted by molar-refractivity contribution is 7.20. The molecular weight excluding hydrogens is 372 g/mol. The van der Waals surface area contributed by atoms with Gasteiger partial charge in [0.25, 0.3) is 5.56 Å². The van der Waals surface area contributed by atoms with Crippen LogP contribution in [-0.4, -0.2) is 26.3 Å². The zero-order valence-corrected chi connectivity index (χ0v) is 17.2. The highest BCUT2D eigenvalue weighted by atomic mass is 32.1. The summed E-state index contributed by atoms with van der Waals surface area (Å²) in [5.74, 6) is 0.330. The first-order valence-electron chi connectivity index (χ1n) is 9.88. The number of aromatic nitrogens is 3. The van der Waals surface area contributed by atoms with Gasteiger partial charge in [-0.2, -0.15) is 5.10 Å². The lowest BCUT2D eigenvalue weighted by Gasteiger charge is -2.29. The van der Waals surface area contributed by atoms with E-state index in [0.717, 1.165) is 34.9 Å². The van der Waals surface area contributed by atoms with Crippen molar-refractivity contribution in [3.63, 3.8) is 0 Å². The van der Waals surface area contributed by atoms with Gasteiger partial charge < -0.3 is 9.88 Å². The summed E-state index contributed by atoms with van der Waals surface area (Å²) in [5, 5.41) is 8.25. The first kappa shape index (κ1) is 18.9. The van der Waals surface area contributed by atoms with Gasteiger partial charge in [-0.15, -0.1) is 17.9 Å². The molecule has 0 spiro atoms. The molecule has 0 unspecified atom stereocenters. The molecule has 4 rings (SSSR count). The topological polar surface area (TPSA) is 68.9 Å². The van der Waals surface area contributed by atoms with Gasteiger partial charge in [0.1, 0.15) is 12.1 Å². The molecule has 0 saturated heterocycles. The molecule has 1 fully saturated rings. The third-order valence-corrected chi connectivity index (χ3v) is 6.80. The smallest absolute Gasteiger partial charge is 0.291 e.